The Bertz CT molecular complexity index is 270. The van der Waals surface area contributed by atoms with E-state index in [1.54, 1.807) is 0 Å². The van der Waals surface area contributed by atoms with Crippen LogP contribution >= 0.6 is 0 Å². The molecule has 0 saturated heterocycles. The molecule has 1 rings (SSSR count). The first-order valence-corrected chi connectivity index (χ1v) is 6.14. The largest absolute Gasteiger partial charge is 0.299 e. The number of rotatable bonds is 6. The van der Waals surface area contributed by atoms with Gasteiger partial charge in [-0.2, -0.15) is 0 Å². The zero-order valence-electron chi connectivity index (χ0n) is 10.8. The van der Waals surface area contributed by atoms with Gasteiger partial charge in [0.2, 0.25) is 0 Å². The minimum absolute atomic E-state index is 0.349. The Balaban J connectivity index is 2.56. The van der Waals surface area contributed by atoms with E-state index in [0.717, 1.165) is 6.42 Å². The molecule has 1 aromatic rings. The molecule has 16 heavy (non-hydrogen) atoms. The topological polar surface area (TPSA) is 24.1 Å². The van der Waals surface area contributed by atoms with Crippen LogP contribution in [0.15, 0.2) is 30.3 Å². The molecular weight excluding hydrogens is 196 g/mol. The molecule has 0 amide bonds. The summed E-state index contributed by atoms with van der Waals surface area (Å²) in [7, 11) is 0. The van der Waals surface area contributed by atoms with Gasteiger partial charge in [-0.25, -0.2) is 0 Å². The maximum atomic E-state index is 3.55. The van der Waals surface area contributed by atoms with Gasteiger partial charge in [0.05, 0.1) is 6.17 Å². The van der Waals surface area contributed by atoms with Gasteiger partial charge in [0.15, 0.2) is 0 Å². The zero-order chi connectivity index (χ0) is 12.0. The molecule has 90 valence electrons. The molecule has 0 heterocycles. The van der Waals surface area contributed by atoms with Crippen LogP contribution in [0.4, 0.5) is 0 Å². The van der Waals surface area contributed by atoms with E-state index in [0.29, 0.717) is 18.2 Å². The number of benzene rings is 1. The van der Waals surface area contributed by atoms with Crippen LogP contribution in [0.5, 0.6) is 0 Å². The Morgan fingerprint density at radius 2 is 1.38 bits per heavy atom. The van der Waals surface area contributed by atoms with Gasteiger partial charge in [-0.1, -0.05) is 30.3 Å². The maximum Gasteiger partial charge on any atom is 0.0617 e. The third-order valence-corrected chi connectivity index (χ3v) is 2.35. The Morgan fingerprint density at radius 1 is 0.875 bits per heavy atom. The molecule has 0 aliphatic rings. The van der Waals surface area contributed by atoms with Crippen molar-refractivity contribution in [2.24, 2.45) is 0 Å². The SMILES string of the molecule is CC(C)NC(Cc1ccccc1)NC(C)C. The van der Waals surface area contributed by atoms with Gasteiger partial charge in [-0.15, -0.1) is 0 Å². The van der Waals surface area contributed by atoms with E-state index in [2.05, 4.69) is 68.7 Å². The van der Waals surface area contributed by atoms with Crippen molar-refractivity contribution in [3.8, 4) is 0 Å². The van der Waals surface area contributed by atoms with Gasteiger partial charge in [-0.05, 0) is 33.3 Å². The van der Waals surface area contributed by atoms with Gasteiger partial charge in [-0.3, -0.25) is 10.6 Å². The summed E-state index contributed by atoms with van der Waals surface area (Å²) in [6, 6.07) is 11.6. The Morgan fingerprint density at radius 3 is 1.81 bits per heavy atom. The first-order chi connectivity index (χ1) is 7.58. The summed E-state index contributed by atoms with van der Waals surface area (Å²) < 4.78 is 0. The van der Waals surface area contributed by atoms with E-state index in [-0.39, 0.29) is 0 Å². The highest BCUT2D eigenvalue weighted by atomic mass is 15.1. The molecular formula is C14H24N2. The van der Waals surface area contributed by atoms with Crippen molar-refractivity contribution in [3.05, 3.63) is 35.9 Å². The second-order valence-corrected chi connectivity index (χ2v) is 4.89. The minimum Gasteiger partial charge on any atom is -0.299 e. The fourth-order valence-electron chi connectivity index (χ4n) is 1.82. The van der Waals surface area contributed by atoms with Crippen LogP contribution in [0, 0.1) is 0 Å². The van der Waals surface area contributed by atoms with Gasteiger partial charge in [0.1, 0.15) is 0 Å². The van der Waals surface area contributed by atoms with Crippen LogP contribution in [0.1, 0.15) is 33.3 Å². The first kappa shape index (κ1) is 13.2. The molecule has 0 atom stereocenters. The van der Waals surface area contributed by atoms with Crippen LogP contribution in [0.2, 0.25) is 0 Å². The lowest BCUT2D eigenvalue weighted by molar-refractivity contribution is 0.364. The second kappa shape index (κ2) is 6.66. The van der Waals surface area contributed by atoms with E-state index in [4.69, 9.17) is 0 Å². The highest BCUT2D eigenvalue weighted by molar-refractivity contribution is 5.15. The van der Waals surface area contributed by atoms with Gasteiger partial charge in [0.25, 0.3) is 0 Å². The minimum atomic E-state index is 0.349. The number of hydrogen-bond donors (Lipinski definition) is 2. The molecule has 0 spiro atoms. The van der Waals surface area contributed by atoms with Crippen molar-refractivity contribution < 1.29 is 0 Å². The molecule has 2 nitrogen and oxygen atoms in total. The third-order valence-electron chi connectivity index (χ3n) is 2.35. The van der Waals surface area contributed by atoms with Gasteiger partial charge < -0.3 is 0 Å². The zero-order valence-corrected chi connectivity index (χ0v) is 10.8. The lowest BCUT2D eigenvalue weighted by atomic mass is 10.1. The van der Waals surface area contributed by atoms with Crippen molar-refractivity contribution in [1.29, 1.82) is 0 Å². The summed E-state index contributed by atoms with van der Waals surface area (Å²) >= 11 is 0. The average Bonchev–Trinajstić information content (AvgIpc) is 2.16. The fourth-order valence-corrected chi connectivity index (χ4v) is 1.82. The summed E-state index contributed by atoms with van der Waals surface area (Å²) in [5.74, 6) is 0. The highest BCUT2D eigenvalue weighted by Gasteiger charge is 2.11. The lowest BCUT2D eigenvalue weighted by Gasteiger charge is -2.25. The highest BCUT2D eigenvalue weighted by Crippen LogP contribution is 2.03. The predicted molar refractivity (Wildman–Crippen MR) is 70.5 cm³/mol. The quantitative estimate of drug-likeness (QED) is 0.720. The number of hydrogen-bond acceptors (Lipinski definition) is 2. The second-order valence-electron chi connectivity index (χ2n) is 4.89. The predicted octanol–water partition coefficient (Wildman–Crippen LogP) is 2.55. The summed E-state index contributed by atoms with van der Waals surface area (Å²) in [6.07, 6.45) is 1.37. The lowest BCUT2D eigenvalue weighted by Crippen LogP contribution is -2.49. The average molecular weight is 220 g/mol. The molecule has 2 heteroatoms. The van der Waals surface area contributed by atoms with E-state index in [1.807, 2.05) is 0 Å². The smallest absolute Gasteiger partial charge is 0.0617 e. The number of nitrogens with one attached hydrogen (secondary N) is 2. The van der Waals surface area contributed by atoms with Crippen LogP contribution < -0.4 is 10.6 Å². The van der Waals surface area contributed by atoms with E-state index in [9.17, 15) is 0 Å². The Hall–Kier alpha value is -0.860. The molecule has 2 N–H and O–H groups in total. The standard InChI is InChI=1S/C14H24N2/c1-11(2)15-14(16-12(3)4)10-13-8-6-5-7-9-13/h5-9,11-12,14-16H,10H2,1-4H3. The molecule has 0 unspecified atom stereocenters. The summed E-state index contributed by atoms with van der Waals surface area (Å²) in [6.45, 7) is 8.72. The maximum absolute atomic E-state index is 3.55. The fraction of sp³-hybridized carbons (Fsp3) is 0.571. The van der Waals surface area contributed by atoms with Crippen LogP contribution in [-0.4, -0.2) is 18.2 Å². The van der Waals surface area contributed by atoms with Crippen molar-refractivity contribution in [1.82, 2.24) is 10.6 Å². The van der Waals surface area contributed by atoms with E-state index >= 15 is 0 Å². The monoisotopic (exact) mass is 220 g/mol. The molecule has 0 aliphatic carbocycles. The molecule has 0 fully saturated rings. The molecule has 0 radical (unpaired) electrons. The molecule has 0 saturated carbocycles. The van der Waals surface area contributed by atoms with Crippen molar-refractivity contribution >= 4 is 0 Å². The molecule has 0 aliphatic heterocycles. The third kappa shape index (κ3) is 5.29. The normalized spacial score (nSPS) is 11.7. The molecule has 0 bridgehead atoms. The van der Waals surface area contributed by atoms with Crippen molar-refractivity contribution in [2.45, 2.75) is 52.4 Å². The van der Waals surface area contributed by atoms with Crippen LogP contribution in [-0.2, 0) is 6.42 Å². The Labute approximate surface area is 99.5 Å². The molecule has 1 aromatic carbocycles. The van der Waals surface area contributed by atoms with Crippen LogP contribution in [0.3, 0.4) is 0 Å². The van der Waals surface area contributed by atoms with Crippen molar-refractivity contribution in [3.63, 3.8) is 0 Å². The first-order valence-electron chi connectivity index (χ1n) is 6.14. The van der Waals surface area contributed by atoms with E-state index < -0.39 is 0 Å². The Kier molecular flexibility index (Phi) is 5.50. The molecule has 0 aromatic heterocycles. The summed E-state index contributed by atoms with van der Waals surface area (Å²) in [5, 5.41) is 7.10. The summed E-state index contributed by atoms with van der Waals surface area (Å²) in [5.41, 5.74) is 1.37. The van der Waals surface area contributed by atoms with Crippen LogP contribution in [0.25, 0.3) is 0 Å². The van der Waals surface area contributed by atoms with Gasteiger partial charge in [0, 0.05) is 18.5 Å². The van der Waals surface area contributed by atoms with Crippen molar-refractivity contribution in [2.75, 3.05) is 0 Å². The summed E-state index contributed by atoms with van der Waals surface area (Å²) in [4.78, 5) is 0. The van der Waals surface area contributed by atoms with E-state index in [1.165, 1.54) is 5.56 Å². The van der Waals surface area contributed by atoms with Gasteiger partial charge >= 0.3 is 0 Å².